The van der Waals surface area contributed by atoms with Gasteiger partial charge in [0.05, 0.1) is 12.2 Å². The normalized spacial score (nSPS) is 16.9. The zero-order valence-corrected chi connectivity index (χ0v) is 12.3. The monoisotopic (exact) mass is 276 g/mol. The summed E-state index contributed by atoms with van der Waals surface area (Å²) in [6, 6.07) is 5.06. The highest BCUT2D eigenvalue weighted by atomic mass is 16.5. The summed E-state index contributed by atoms with van der Waals surface area (Å²) in [5, 5.41) is 0. The molecule has 1 aliphatic rings. The van der Waals surface area contributed by atoms with Gasteiger partial charge in [0.1, 0.15) is 5.75 Å². The van der Waals surface area contributed by atoms with Crippen LogP contribution in [0, 0.1) is 0 Å². The topological polar surface area (TPSA) is 72.6 Å². The minimum Gasteiger partial charge on any atom is -0.476 e. The highest BCUT2D eigenvalue weighted by Gasteiger charge is 2.42. The molecule has 1 aliphatic heterocycles. The summed E-state index contributed by atoms with van der Waals surface area (Å²) in [7, 11) is 0. The fourth-order valence-electron chi connectivity index (χ4n) is 2.31. The Labute approximate surface area is 118 Å². The lowest BCUT2D eigenvalue weighted by molar-refractivity contribution is -0.133. The van der Waals surface area contributed by atoms with Crippen LogP contribution < -0.4 is 15.4 Å². The molecule has 1 aromatic carbocycles. The molecule has 5 heteroatoms. The maximum Gasteiger partial charge on any atom is 0.270 e. The smallest absolute Gasteiger partial charge is 0.270 e. The zero-order valence-electron chi connectivity index (χ0n) is 12.3. The minimum atomic E-state index is -0.906. The third-order valence-electron chi connectivity index (χ3n) is 3.34. The highest BCUT2D eigenvalue weighted by molar-refractivity contribution is 6.05. The molecule has 2 N–H and O–H groups in total. The van der Waals surface area contributed by atoms with Crippen molar-refractivity contribution in [3.8, 4) is 5.75 Å². The summed E-state index contributed by atoms with van der Waals surface area (Å²) in [5.74, 6) is 0.336. The van der Waals surface area contributed by atoms with Crippen LogP contribution in [0.25, 0.3) is 0 Å². The predicted molar refractivity (Wildman–Crippen MR) is 77.2 cm³/mol. The van der Waals surface area contributed by atoms with E-state index in [1.54, 1.807) is 36.9 Å². The molecule has 20 heavy (non-hydrogen) atoms. The van der Waals surface area contributed by atoms with Gasteiger partial charge < -0.3 is 15.4 Å². The molecule has 0 saturated carbocycles. The lowest BCUT2D eigenvalue weighted by Gasteiger charge is -2.41. The van der Waals surface area contributed by atoms with Crippen LogP contribution in [0.1, 0.15) is 38.1 Å². The van der Waals surface area contributed by atoms with Crippen LogP contribution in [0.4, 0.5) is 5.69 Å². The maximum absolute atomic E-state index is 12.5. The van der Waals surface area contributed by atoms with Crippen LogP contribution in [-0.4, -0.2) is 29.9 Å². The summed E-state index contributed by atoms with van der Waals surface area (Å²) < 4.78 is 5.75. The third kappa shape index (κ3) is 2.29. The number of Topliss-reactive ketones (excluding diaryl/α,β-unsaturated/α-hetero) is 1. The van der Waals surface area contributed by atoms with Crippen molar-refractivity contribution >= 4 is 17.4 Å². The number of anilines is 1. The van der Waals surface area contributed by atoms with E-state index >= 15 is 0 Å². The van der Waals surface area contributed by atoms with E-state index in [2.05, 4.69) is 0 Å². The quantitative estimate of drug-likeness (QED) is 0.853. The fourth-order valence-corrected chi connectivity index (χ4v) is 2.31. The molecule has 0 spiro atoms. The van der Waals surface area contributed by atoms with E-state index in [4.69, 9.17) is 10.5 Å². The molecule has 1 heterocycles. The maximum atomic E-state index is 12.5. The van der Waals surface area contributed by atoms with E-state index < -0.39 is 5.60 Å². The van der Waals surface area contributed by atoms with Gasteiger partial charge >= 0.3 is 0 Å². The number of ether oxygens (including phenoxy) is 1. The van der Waals surface area contributed by atoms with Gasteiger partial charge in [-0.15, -0.1) is 0 Å². The number of rotatable bonds is 3. The minimum absolute atomic E-state index is 0.0207. The van der Waals surface area contributed by atoms with Gasteiger partial charge in [-0.05, 0) is 45.9 Å². The number of ketones is 1. The van der Waals surface area contributed by atoms with E-state index in [0.29, 0.717) is 17.0 Å². The summed E-state index contributed by atoms with van der Waals surface area (Å²) in [4.78, 5) is 25.9. The standard InChI is InChI=1S/C15H20N2O3/c1-9(2)17-11-7-10(12(18)8-16)5-6-13(11)20-15(3,4)14(17)19/h5-7,9H,8,16H2,1-4H3. The van der Waals surface area contributed by atoms with E-state index in [1.165, 1.54) is 0 Å². The van der Waals surface area contributed by atoms with Crippen molar-refractivity contribution in [2.45, 2.75) is 39.3 Å². The van der Waals surface area contributed by atoms with E-state index in [1.807, 2.05) is 13.8 Å². The van der Waals surface area contributed by atoms with Crippen LogP contribution in [-0.2, 0) is 4.79 Å². The van der Waals surface area contributed by atoms with Gasteiger partial charge in [-0.1, -0.05) is 0 Å². The first-order valence-electron chi connectivity index (χ1n) is 6.68. The van der Waals surface area contributed by atoms with Crippen LogP contribution in [0.15, 0.2) is 18.2 Å². The van der Waals surface area contributed by atoms with E-state index in [9.17, 15) is 9.59 Å². The Balaban J connectivity index is 2.57. The molecule has 0 aliphatic carbocycles. The van der Waals surface area contributed by atoms with Gasteiger partial charge in [0.15, 0.2) is 11.4 Å². The lowest BCUT2D eigenvalue weighted by Crippen LogP contribution is -2.54. The Kier molecular flexibility index (Phi) is 3.56. The van der Waals surface area contributed by atoms with Gasteiger partial charge in [0, 0.05) is 11.6 Å². The van der Waals surface area contributed by atoms with Crippen LogP contribution in [0.3, 0.4) is 0 Å². The van der Waals surface area contributed by atoms with Crippen LogP contribution in [0.5, 0.6) is 5.75 Å². The number of carbonyl (C=O) groups excluding carboxylic acids is 2. The second-order valence-electron chi connectivity index (χ2n) is 5.69. The summed E-state index contributed by atoms with van der Waals surface area (Å²) in [6.07, 6.45) is 0. The van der Waals surface area contributed by atoms with Gasteiger partial charge in [0.25, 0.3) is 5.91 Å². The zero-order chi connectivity index (χ0) is 15.1. The average molecular weight is 276 g/mol. The number of benzene rings is 1. The van der Waals surface area contributed by atoms with Crippen LogP contribution in [0.2, 0.25) is 0 Å². The molecule has 0 fully saturated rings. The number of hydrogen-bond acceptors (Lipinski definition) is 4. The lowest BCUT2D eigenvalue weighted by atomic mass is 10.0. The second-order valence-corrected chi connectivity index (χ2v) is 5.69. The van der Waals surface area contributed by atoms with Gasteiger partial charge in [-0.2, -0.15) is 0 Å². The first-order chi connectivity index (χ1) is 9.27. The first kappa shape index (κ1) is 14.5. The Morgan fingerprint density at radius 2 is 2.05 bits per heavy atom. The Morgan fingerprint density at radius 3 is 2.60 bits per heavy atom. The number of hydrogen-bond donors (Lipinski definition) is 1. The molecule has 108 valence electrons. The molecule has 5 nitrogen and oxygen atoms in total. The molecule has 2 rings (SSSR count). The molecule has 0 radical (unpaired) electrons. The first-order valence-corrected chi connectivity index (χ1v) is 6.68. The molecule has 0 aromatic heterocycles. The number of carbonyl (C=O) groups is 2. The largest absolute Gasteiger partial charge is 0.476 e. The molecule has 1 amide bonds. The van der Waals surface area contributed by atoms with Crippen molar-refractivity contribution in [3.63, 3.8) is 0 Å². The number of nitrogens with two attached hydrogens (primary N) is 1. The fraction of sp³-hybridized carbons (Fsp3) is 0.467. The Morgan fingerprint density at radius 1 is 1.40 bits per heavy atom. The summed E-state index contributed by atoms with van der Waals surface area (Å²) in [6.45, 7) is 7.29. The van der Waals surface area contributed by atoms with Crippen LogP contribution >= 0.6 is 0 Å². The third-order valence-corrected chi connectivity index (χ3v) is 3.34. The van der Waals surface area contributed by atoms with Gasteiger partial charge in [0.2, 0.25) is 0 Å². The highest BCUT2D eigenvalue weighted by Crippen LogP contribution is 2.39. The Hall–Kier alpha value is -1.88. The number of amides is 1. The van der Waals surface area contributed by atoms with E-state index in [-0.39, 0.29) is 24.3 Å². The Bertz CT molecular complexity index is 564. The van der Waals surface area contributed by atoms with Gasteiger partial charge in [-0.3, -0.25) is 9.59 Å². The van der Waals surface area contributed by atoms with E-state index in [0.717, 1.165) is 0 Å². The van der Waals surface area contributed by atoms with Crippen molar-refractivity contribution in [3.05, 3.63) is 23.8 Å². The summed E-state index contributed by atoms with van der Waals surface area (Å²) >= 11 is 0. The van der Waals surface area contributed by atoms with Crippen molar-refractivity contribution < 1.29 is 14.3 Å². The molecule has 0 saturated heterocycles. The van der Waals surface area contributed by atoms with Gasteiger partial charge in [-0.25, -0.2) is 0 Å². The number of nitrogens with zero attached hydrogens (tertiary/aromatic N) is 1. The van der Waals surface area contributed by atoms with Crippen molar-refractivity contribution in [2.75, 3.05) is 11.4 Å². The SMILES string of the molecule is CC(C)N1C(=O)C(C)(C)Oc2ccc(C(=O)CN)cc21. The number of fused-ring (bicyclic) bond motifs is 1. The molecule has 0 bridgehead atoms. The molecule has 0 atom stereocenters. The molecule has 0 unspecified atom stereocenters. The summed E-state index contributed by atoms with van der Waals surface area (Å²) in [5.41, 5.74) is 5.60. The molecular weight excluding hydrogens is 256 g/mol. The average Bonchev–Trinajstić information content (AvgIpc) is 2.38. The van der Waals surface area contributed by atoms with Crippen molar-refractivity contribution in [2.24, 2.45) is 5.73 Å². The molecule has 1 aromatic rings. The predicted octanol–water partition coefficient (Wildman–Crippen LogP) is 1.74. The second kappa shape index (κ2) is 4.90. The van der Waals surface area contributed by atoms with Crippen molar-refractivity contribution in [1.82, 2.24) is 0 Å². The van der Waals surface area contributed by atoms with Crippen molar-refractivity contribution in [1.29, 1.82) is 0 Å². The molecular formula is C15H20N2O3.